The summed E-state index contributed by atoms with van der Waals surface area (Å²) >= 11 is 0. The van der Waals surface area contributed by atoms with E-state index in [0.29, 0.717) is 43.1 Å². The van der Waals surface area contributed by atoms with Gasteiger partial charge in [-0.15, -0.1) is 0 Å². The lowest BCUT2D eigenvalue weighted by Crippen LogP contribution is -2.41. The SMILES string of the molecule is CNC(=O)Nc1ccc(-n2ccc(OC3CCN(C(=O)O)CC3)cc2=O)cc1. The lowest BCUT2D eigenvalue weighted by atomic mass is 10.1. The van der Waals surface area contributed by atoms with Gasteiger partial charge in [0, 0.05) is 56.6 Å². The van der Waals surface area contributed by atoms with Gasteiger partial charge in [0.05, 0.1) is 0 Å². The minimum absolute atomic E-state index is 0.110. The number of hydrogen-bond acceptors (Lipinski definition) is 4. The summed E-state index contributed by atoms with van der Waals surface area (Å²) in [6.45, 7) is 0.848. The smallest absolute Gasteiger partial charge is 0.407 e. The Morgan fingerprint density at radius 1 is 1.14 bits per heavy atom. The molecule has 1 saturated heterocycles. The summed E-state index contributed by atoms with van der Waals surface area (Å²) in [5.41, 5.74) is 1.03. The molecule has 0 unspecified atom stereocenters. The maximum Gasteiger partial charge on any atom is 0.407 e. The van der Waals surface area contributed by atoms with E-state index in [-0.39, 0.29) is 17.7 Å². The zero-order chi connectivity index (χ0) is 20.1. The molecular weight excluding hydrogens is 364 g/mol. The Morgan fingerprint density at radius 3 is 2.39 bits per heavy atom. The quantitative estimate of drug-likeness (QED) is 0.745. The summed E-state index contributed by atoms with van der Waals surface area (Å²) in [6.07, 6.45) is 1.79. The topological polar surface area (TPSA) is 113 Å². The molecule has 9 heteroatoms. The van der Waals surface area contributed by atoms with E-state index in [9.17, 15) is 14.4 Å². The second-order valence-corrected chi connectivity index (χ2v) is 6.41. The molecule has 148 valence electrons. The van der Waals surface area contributed by atoms with Crippen LogP contribution in [0.5, 0.6) is 5.75 Å². The largest absolute Gasteiger partial charge is 0.490 e. The maximum atomic E-state index is 12.4. The second kappa shape index (κ2) is 8.47. The van der Waals surface area contributed by atoms with Gasteiger partial charge in [0.25, 0.3) is 5.56 Å². The molecule has 1 aliphatic rings. The molecule has 2 aromatic rings. The van der Waals surface area contributed by atoms with Gasteiger partial charge >= 0.3 is 12.1 Å². The molecule has 1 aromatic heterocycles. The molecule has 1 fully saturated rings. The van der Waals surface area contributed by atoms with Crippen LogP contribution in [0.15, 0.2) is 47.4 Å². The highest BCUT2D eigenvalue weighted by Crippen LogP contribution is 2.19. The van der Waals surface area contributed by atoms with E-state index in [1.165, 1.54) is 22.6 Å². The lowest BCUT2D eigenvalue weighted by molar-refractivity contribution is 0.0893. The van der Waals surface area contributed by atoms with Gasteiger partial charge in [0.1, 0.15) is 11.9 Å². The van der Waals surface area contributed by atoms with Crippen molar-refractivity contribution in [2.75, 3.05) is 25.5 Å². The third-order valence-corrected chi connectivity index (χ3v) is 4.54. The van der Waals surface area contributed by atoms with Crippen molar-refractivity contribution in [3.63, 3.8) is 0 Å². The van der Waals surface area contributed by atoms with E-state index in [0.717, 1.165) is 0 Å². The number of likely N-dealkylation sites (tertiary alicyclic amines) is 1. The minimum atomic E-state index is -0.919. The summed E-state index contributed by atoms with van der Waals surface area (Å²) in [4.78, 5) is 36.1. The zero-order valence-electron chi connectivity index (χ0n) is 15.4. The average Bonchev–Trinajstić information content (AvgIpc) is 2.69. The van der Waals surface area contributed by atoms with Gasteiger partial charge in [-0.25, -0.2) is 9.59 Å². The molecule has 1 aliphatic heterocycles. The summed E-state index contributed by atoms with van der Waals surface area (Å²) in [5, 5.41) is 14.1. The highest BCUT2D eigenvalue weighted by molar-refractivity contribution is 5.89. The number of rotatable bonds is 4. The Bertz CT molecular complexity index is 901. The van der Waals surface area contributed by atoms with Crippen molar-refractivity contribution < 1.29 is 19.4 Å². The number of ether oxygens (including phenoxy) is 1. The Labute approximate surface area is 161 Å². The first-order chi connectivity index (χ1) is 13.5. The van der Waals surface area contributed by atoms with E-state index in [1.807, 2.05) is 0 Å². The molecule has 0 atom stereocenters. The van der Waals surface area contributed by atoms with Crippen LogP contribution in [0.2, 0.25) is 0 Å². The number of aromatic nitrogens is 1. The third-order valence-electron chi connectivity index (χ3n) is 4.54. The molecule has 1 aromatic carbocycles. The summed E-state index contributed by atoms with van der Waals surface area (Å²) < 4.78 is 7.32. The van der Waals surface area contributed by atoms with Gasteiger partial charge in [-0.1, -0.05) is 0 Å². The van der Waals surface area contributed by atoms with Crippen LogP contribution in [0.4, 0.5) is 15.3 Å². The van der Waals surface area contributed by atoms with Crippen LogP contribution in [0.25, 0.3) is 5.69 Å². The van der Waals surface area contributed by atoms with Crippen molar-refractivity contribution in [2.24, 2.45) is 0 Å². The third kappa shape index (κ3) is 4.61. The fraction of sp³-hybridized carbons (Fsp3) is 0.316. The number of pyridine rings is 1. The number of carbonyl (C=O) groups is 2. The zero-order valence-corrected chi connectivity index (χ0v) is 15.4. The van der Waals surface area contributed by atoms with Gasteiger partial charge in [-0.3, -0.25) is 9.36 Å². The first kappa shape index (κ1) is 19.3. The van der Waals surface area contributed by atoms with Gasteiger partial charge in [-0.05, 0) is 30.3 Å². The molecule has 3 rings (SSSR count). The predicted octanol–water partition coefficient (Wildman–Crippen LogP) is 2.11. The molecule has 3 N–H and O–H groups in total. The van der Waals surface area contributed by atoms with Crippen molar-refractivity contribution in [3.05, 3.63) is 52.9 Å². The number of nitrogens with one attached hydrogen (secondary N) is 2. The van der Waals surface area contributed by atoms with Crippen LogP contribution in [-0.2, 0) is 0 Å². The Morgan fingerprint density at radius 2 is 1.82 bits per heavy atom. The highest BCUT2D eigenvalue weighted by Gasteiger charge is 2.23. The van der Waals surface area contributed by atoms with Crippen LogP contribution in [0.1, 0.15) is 12.8 Å². The molecule has 28 heavy (non-hydrogen) atoms. The standard InChI is InChI=1S/C19H22N4O5/c1-20-18(25)21-13-2-4-14(5-3-13)23-11-8-16(12-17(23)24)28-15-6-9-22(10-7-15)19(26)27/h2-5,8,11-12,15H,6-7,9-10H2,1H3,(H,26,27)(H2,20,21,25). The Hall–Kier alpha value is -3.49. The van der Waals surface area contributed by atoms with Crippen LogP contribution in [-0.4, -0.2) is 52.9 Å². The number of anilines is 1. The number of nitrogens with zero attached hydrogens (tertiary/aromatic N) is 2. The molecule has 0 aliphatic carbocycles. The van der Waals surface area contributed by atoms with Gasteiger partial charge in [0.2, 0.25) is 0 Å². The average molecular weight is 386 g/mol. The second-order valence-electron chi connectivity index (χ2n) is 6.41. The number of hydrogen-bond donors (Lipinski definition) is 3. The molecule has 0 saturated carbocycles. The first-order valence-electron chi connectivity index (χ1n) is 8.92. The van der Waals surface area contributed by atoms with Crippen LogP contribution in [0.3, 0.4) is 0 Å². The number of piperidine rings is 1. The fourth-order valence-electron chi connectivity index (χ4n) is 3.00. The van der Waals surface area contributed by atoms with E-state index in [4.69, 9.17) is 9.84 Å². The molecule has 3 amide bonds. The van der Waals surface area contributed by atoms with Crippen molar-refractivity contribution in [1.82, 2.24) is 14.8 Å². The summed E-state index contributed by atoms with van der Waals surface area (Å²) in [6, 6.07) is 9.68. The fourth-order valence-corrected chi connectivity index (χ4v) is 3.00. The number of amides is 3. The van der Waals surface area contributed by atoms with Crippen LogP contribution < -0.4 is 20.9 Å². The molecule has 2 heterocycles. The lowest BCUT2D eigenvalue weighted by Gasteiger charge is -2.30. The number of carbonyl (C=O) groups excluding carboxylic acids is 1. The number of carboxylic acid groups (broad SMARTS) is 1. The molecule has 0 radical (unpaired) electrons. The van der Waals surface area contributed by atoms with E-state index in [1.54, 1.807) is 36.5 Å². The van der Waals surface area contributed by atoms with Crippen molar-refractivity contribution in [3.8, 4) is 11.4 Å². The highest BCUT2D eigenvalue weighted by atomic mass is 16.5. The van der Waals surface area contributed by atoms with Crippen LogP contribution >= 0.6 is 0 Å². The van der Waals surface area contributed by atoms with Gasteiger partial charge < -0.3 is 25.4 Å². The van der Waals surface area contributed by atoms with E-state index in [2.05, 4.69) is 10.6 Å². The minimum Gasteiger partial charge on any atom is -0.490 e. The predicted molar refractivity (Wildman–Crippen MR) is 103 cm³/mol. The van der Waals surface area contributed by atoms with Gasteiger partial charge in [-0.2, -0.15) is 0 Å². The van der Waals surface area contributed by atoms with Gasteiger partial charge in [0.15, 0.2) is 0 Å². The monoisotopic (exact) mass is 386 g/mol. The Kier molecular flexibility index (Phi) is 5.83. The Balaban J connectivity index is 1.65. The first-order valence-corrected chi connectivity index (χ1v) is 8.92. The normalized spacial score (nSPS) is 14.4. The molecule has 0 spiro atoms. The van der Waals surface area contributed by atoms with E-state index >= 15 is 0 Å². The van der Waals surface area contributed by atoms with Crippen LogP contribution in [0, 0.1) is 0 Å². The van der Waals surface area contributed by atoms with Crippen molar-refractivity contribution in [2.45, 2.75) is 18.9 Å². The summed E-state index contributed by atoms with van der Waals surface area (Å²) in [5.74, 6) is 0.466. The number of benzene rings is 1. The van der Waals surface area contributed by atoms with Crippen molar-refractivity contribution in [1.29, 1.82) is 0 Å². The molecular formula is C19H22N4O5. The number of urea groups is 1. The van der Waals surface area contributed by atoms with Crippen molar-refractivity contribution >= 4 is 17.8 Å². The summed E-state index contributed by atoms with van der Waals surface area (Å²) in [7, 11) is 1.53. The molecule has 0 bridgehead atoms. The molecule has 9 nitrogen and oxygen atoms in total. The maximum absolute atomic E-state index is 12.4. The van der Waals surface area contributed by atoms with E-state index < -0.39 is 6.09 Å².